The first kappa shape index (κ1) is 25.1. The minimum Gasteiger partial charge on any atom is -0.496 e. The second-order valence-corrected chi connectivity index (χ2v) is 12.6. The Morgan fingerprint density at radius 2 is 1.97 bits per heavy atom. The molecule has 192 valence electrons. The van der Waals surface area contributed by atoms with Gasteiger partial charge in [0, 0.05) is 47.8 Å². The van der Waals surface area contributed by atoms with Crippen molar-refractivity contribution in [2.24, 2.45) is 16.8 Å². The lowest BCUT2D eigenvalue weighted by Crippen LogP contribution is -2.36. The minimum absolute atomic E-state index is 0.116. The molecule has 2 aromatic carbocycles. The van der Waals surface area contributed by atoms with Gasteiger partial charge in [-0.3, -0.25) is 14.7 Å². The molecule has 0 spiro atoms. The summed E-state index contributed by atoms with van der Waals surface area (Å²) in [6, 6.07) is 10.8. The number of nitrogens with zero attached hydrogens (tertiary/aromatic N) is 2. The molecule has 0 N–H and O–H groups in total. The second-order valence-electron chi connectivity index (χ2n) is 10.3. The van der Waals surface area contributed by atoms with Crippen LogP contribution in [0, 0.1) is 17.7 Å². The molecule has 0 saturated carbocycles. The molecule has 0 aromatic heterocycles. The fourth-order valence-corrected chi connectivity index (χ4v) is 7.33. The van der Waals surface area contributed by atoms with E-state index >= 15 is 0 Å². The number of carbonyl (C=O) groups excluding carboxylic acids is 1. The maximum absolute atomic E-state index is 14.4. The molecule has 6 nitrogen and oxygen atoms in total. The fraction of sp³-hybridized carbons (Fsp3) is 0.500. The molecule has 2 saturated heterocycles. The summed E-state index contributed by atoms with van der Waals surface area (Å²) in [5.41, 5.74) is 4.35. The molecule has 5 rings (SSSR count). The molecule has 0 bridgehead atoms. The number of hydrogen-bond donors (Lipinski definition) is 0. The Morgan fingerprint density at radius 3 is 2.75 bits per heavy atom. The Morgan fingerprint density at radius 1 is 1.17 bits per heavy atom. The maximum atomic E-state index is 14.4. The SMILES string of the molecule is COc1cccc(F)c1CN1CCC[C@@H](CC(=O)c2ccc3c(c2)C(C2CCS(=O)(=O)CC2)=NC3)C1. The molecular formula is C28H33FN2O4S. The number of hydrogen-bond acceptors (Lipinski definition) is 6. The summed E-state index contributed by atoms with van der Waals surface area (Å²) in [7, 11) is -1.38. The molecule has 3 aliphatic heterocycles. The van der Waals surface area contributed by atoms with E-state index in [0.29, 0.717) is 49.2 Å². The minimum atomic E-state index is -2.93. The van der Waals surface area contributed by atoms with E-state index in [9.17, 15) is 17.6 Å². The number of sulfone groups is 1. The highest BCUT2D eigenvalue weighted by atomic mass is 32.2. The third-order valence-electron chi connectivity index (χ3n) is 7.82. The molecule has 2 fully saturated rings. The van der Waals surface area contributed by atoms with E-state index < -0.39 is 9.84 Å². The molecule has 0 unspecified atom stereocenters. The number of aliphatic imine (C=N–C) groups is 1. The number of carbonyl (C=O) groups is 1. The van der Waals surface area contributed by atoms with Gasteiger partial charge in [0.15, 0.2) is 5.78 Å². The maximum Gasteiger partial charge on any atom is 0.163 e. The van der Waals surface area contributed by atoms with Crippen LogP contribution in [0.3, 0.4) is 0 Å². The standard InChI is InChI=1S/C28H33FN2O4S/c1-35-27-6-2-5-25(29)24(27)18-31-11-3-4-19(17-31)14-26(32)21-7-8-22-16-30-28(23(22)15-21)20-9-12-36(33,34)13-10-20/h2,5-8,15,19-20H,3-4,9-14,16-18H2,1H3/t19-/m0/s1. The normalized spacial score (nSPS) is 22.2. The van der Waals surface area contributed by atoms with E-state index in [1.54, 1.807) is 19.2 Å². The number of halogens is 1. The van der Waals surface area contributed by atoms with Crippen molar-refractivity contribution in [3.8, 4) is 5.75 Å². The van der Waals surface area contributed by atoms with Gasteiger partial charge in [-0.1, -0.05) is 18.2 Å². The van der Waals surface area contributed by atoms with Crippen molar-refractivity contribution < 1.29 is 22.3 Å². The Kier molecular flexibility index (Phi) is 7.26. The zero-order valence-corrected chi connectivity index (χ0v) is 21.5. The summed E-state index contributed by atoms with van der Waals surface area (Å²) in [5.74, 6) is 1.18. The third-order valence-corrected chi connectivity index (χ3v) is 9.54. The number of ketones is 1. The molecule has 0 amide bonds. The van der Waals surface area contributed by atoms with E-state index in [1.165, 1.54) is 6.07 Å². The van der Waals surface area contributed by atoms with Gasteiger partial charge in [-0.05, 0) is 61.9 Å². The molecule has 36 heavy (non-hydrogen) atoms. The summed E-state index contributed by atoms with van der Waals surface area (Å²) in [6.07, 6.45) is 3.61. The lowest BCUT2D eigenvalue weighted by molar-refractivity contribution is 0.0911. The lowest BCUT2D eigenvalue weighted by atomic mass is 9.87. The van der Waals surface area contributed by atoms with E-state index in [2.05, 4.69) is 4.90 Å². The Hall–Kier alpha value is -2.58. The van der Waals surface area contributed by atoms with E-state index in [-0.39, 0.29) is 34.9 Å². The van der Waals surface area contributed by atoms with Crippen LogP contribution in [0.2, 0.25) is 0 Å². The summed E-state index contributed by atoms with van der Waals surface area (Å²) in [5, 5.41) is 0. The predicted molar refractivity (Wildman–Crippen MR) is 138 cm³/mol. The third kappa shape index (κ3) is 5.39. The van der Waals surface area contributed by atoms with Crippen molar-refractivity contribution in [3.05, 3.63) is 64.5 Å². The number of benzene rings is 2. The summed E-state index contributed by atoms with van der Waals surface area (Å²) in [4.78, 5) is 20.2. The summed E-state index contributed by atoms with van der Waals surface area (Å²) >= 11 is 0. The Bertz CT molecular complexity index is 1280. The van der Waals surface area contributed by atoms with Crippen molar-refractivity contribution in [1.29, 1.82) is 0 Å². The van der Waals surface area contributed by atoms with Gasteiger partial charge in [-0.25, -0.2) is 12.8 Å². The first-order chi connectivity index (χ1) is 17.3. The van der Waals surface area contributed by atoms with Gasteiger partial charge in [0.25, 0.3) is 0 Å². The molecular weight excluding hydrogens is 479 g/mol. The van der Waals surface area contributed by atoms with Gasteiger partial charge in [-0.2, -0.15) is 0 Å². The average Bonchev–Trinajstić information content (AvgIpc) is 3.29. The molecule has 2 aromatic rings. The second kappa shape index (κ2) is 10.4. The van der Waals surface area contributed by atoms with Crippen LogP contribution in [-0.2, 0) is 22.9 Å². The first-order valence-electron chi connectivity index (χ1n) is 12.8. The zero-order chi connectivity index (χ0) is 25.3. The number of fused-ring (bicyclic) bond motifs is 1. The van der Waals surface area contributed by atoms with Gasteiger partial charge in [0.1, 0.15) is 21.4 Å². The Labute approximate surface area is 212 Å². The fourth-order valence-electron chi connectivity index (χ4n) is 5.84. The topological polar surface area (TPSA) is 76.0 Å². The highest BCUT2D eigenvalue weighted by Crippen LogP contribution is 2.32. The number of piperidine rings is 1. The van der Waals surface area contributed by atoms with Gasteiger partial charge < -0.3 is 4.74 Å². The smallest absolute Gasteiger partial charge is 0.163 e. The van der Waals surface area contributed by atoms with Crippen LogP contribution in [0.1, 0.15) is 59.2 Å². The monoisotopic (exact) mass is 512 g/mol. The summed E-state index contributed by atoms with van der Waals surface area (Å²) < 4.78 is 43.5. The van der Waals surface area contributed by atoms with Gasteiger partial charge in [0.05, 0.1) is 25.2 Å². The van der Waals surface area contributed by atoms with Crippen LogP contribution in [0.5, 0.6) is 5.75 Å². The van der Waals surface area contributed by atoms with Crippen LogP contribution in [0.15, 0.2) is 41.4 Å². The van der Waals surface area contributed by atoms with Crippen LogP contribution in [0.25, 0.3) is 0 Å². The number of likely N-dealkylation sites (tertiary alicyclic amines) is 1. The first-order valence-corrected chi connectivity index (χ1v) is 14.6. The number of ether oxygens (including phenoxy) is 1. The van der Waals surface area contributed by atoms with E-state index in [1.807, 2.05) is 18.2 Å². The number of rotatable bonds is 7. The molecule has 0 aliphatic carbocycles. The molecule has 3 heterocycles. The molecule has 0 radical (unpaired) electrons. The Balaban J connectivity index is 1.24. The quantitative estimate of drug-likeness (QED) is 0.513. The van der Waals surface area contributed by atoms with Gasteiger partial charge in [-0.15, -0.1) is 0 Å². The number of Topliss-reactive ketones (excluding diaryl/α,β-unsaturated/α-hetero) is 1. The van der Waals surface area contributed by atoms with Crippen molar-refractivity contribution in [2.45, 2.75) is 45.2 Å². The van der Waals surface area contributed by atoms with Crippen molar-refractivity contribution in [1.82, 2.24) is 4.90 Å². The molecule has 1 atom stereocenters. The highest BCUT2D eigenvalue weighted by Gasteiger charge is 2.31. The molecule has 8 heteroatoms. The van der Waals surface area contributed by atoms with E-state index in [4.69, 9.17) is 9.73 Å². The zero-order valence-electron chi connectivity index (χ0n) is 20.7. The predicted octanol–water partition coefficient (Wildman–Crippen LogP) is 4.45. The highest BCUT2D eigenvalue weighted by molar-refractivity contribution is 7.91. The summed E-state index contributed by atoms with van der Waals surface area (Å²) in [6.45, 7) is 2.69. The van der Waals surface area contributed by atoms with Crippen LogP contribution >= 0.6 is 0 Å². The van der Waals surface area contributed by atoms with Crippen molar-refractivity contribution >= 4 is 21.3 Å². The van der Waals surface area contributed by atoms with E-state index in [0.717, 1.165) is 42.8 Å². The van der Waals surface area contributed by atoms with Crippen LogP contribution in [0.4, 0.5) is 4.39 Å². The average molecular weight is 513 g/mol. The van der Waals surface area contributed by atoms with Crippen LogP contribution in [-0.4, -0.2) is 56.5 Å². The van der Waals surface area contributed by atoms with Gasteiger partial charge in [0.2, 0.25) is 0 Å². The van der Waals surface area contributed by atoms with Gasteiger partial charge >= 0.3 is 0 Å². The molecule has 3 aliphatic rings. The van der Waals surface area contributed by atoms with Crippen LogP contribution < -0.4 is 4.74 Å². The number of methoxy groups -OCH3 is 1. The van der Waals surface area contributed by atoms with Crippen molar-refractivity contribution in [2.75, 3.05) is 31.7 Å². The largest absolute Gasteiger partial charge is 0.496 e. The lowest BCUT2D eigenvalue weighted by Gasteiger charge is -2.33. The van der Waals surface area contributed by atoms with Crippen molar-refractivity contribution in [3.63, 3.8) is 0 Å².